The van der Waals surface area contributed by atoms with Crippen LogP contribution in [0.15, 0.2) is 41.8 Å². The predicted molar refractivity (Wildman–Crippen MR) is 92.2 cm³/mol. The molecule has 3 rings (SSSR count). The fourth-order valence-corrected chi connectivity index (χ4v) is 3.90. The van der Waals surface area contributed by atoms with Gasteiger partial charge in [0.15, 0.2) is 0 Å². The summed E-state index contributed by atoms with van der Waals surface area (Å²) in [6.07, 6.45) is 5.17. The van der Waals surface area contributed by atoms with E-state index >= 15 is 0 Å². The van der Waals surface area contributed by atoms with Crippen molar-refractivity contribution in [3.8, 4) is 0 Å². The van der Waals surface area contributed by atoms with E-state index < -0.39 is 10.8 Å². The Morgan fingerprint density at radius 3 is 2.67 bits per heavy atom. The van der Waals surface area contributed by atoms with Gasteiger partial charge < -0.3 is 4.90 Å². The normalized spacial score (nSPS) is 19.5. The molecule has 1 saturated heterocycles. The van der Waals surface area contributed by atoms with Crippen LogP contribution in [-0.2, 0) is 10.8 Å². The number of hydrogen-bond acceptors (Lipinski definition) is 4. The van der Waals surface area contributed by atoms with Crippen LogP contribution < -0.4 is 0 Å². The quantitative estimate of drug-likeness (QED) is 0.852. The van der Waals surface area contributed by atoms with Crippen molar-refractivity contribution in [2.75, 3.05) is 13.1 Å². The summed E-state index contributed by atoms with van der Waals surface area (Å²) in [5.74, 6) is 0.0155. The molecule has 24 heavy (non-hydrogen) atoms. The molecule has 0 spiro atoms. The number of benzene rings is 1. The molecule has 7 heteroatoms. The minimum atomic E-state index is -1.03. The van der Waals surface area contributed by atoms with Gasteiger partial charge >= 0.3 is 0 Å². The number of aromatic nitrogens is 3. The van der Waals surface area contributed by atoms with Crippen molar-refractivity contribution in [3.63, 3.8) is 0 Å². The molecule has 1 aromatic heterocycles. The monoisotopic (exact) mass is 346 g/mol. The van der Waals surface area contributed by atoms with Crippen LogP contribution in [0.5, 0.6) is 0 Å². The van der Waals surface area contributed by atoms with Gasteiger partial charge in [-0.1, -0.05) is 13.8 Å². The average molecular weight is 346 g/mol. The highest BCUT2D eigenvalue weighted by Crippen LogP contribution is 2.22. The molecule has 2 heterocycles. The average Bonchev–Trinajstić information content (AvgIpc) is 3.15. The van der Waals surface area contributed by atoms with E-state index in [0.717, 1.165) is 24.3 Å². The summed E-state index contributed by atoms with van der Waals surface area (Å²) < 4.78 is 13.9. The minimum absolute atomic E-state index is 0.0155. The molecule has 0 aliphatic carbocycles. The van der Waals surface area contributed by atoms with Crippen LogP contribution in [0, 0.1) is 0 Å². The van der Waals surface area contributed by atoms with Gasteiger partial charge in [0.2, 0.25) is 0 Å². The summed E-state index contributed by atoms with van der Waals surface area (Å²) in [5, 5.41) is 4.25. The van der Waals surface area contributed by atoms with Crippen molar-refractivity contribution in [1.29, 1.82) is 0 Å². The molecule has 0 radical (unpaired) electrons. The molecule has 2 aromatic rings. The van der Waals surface area contributed by atoms with Gasteiger partial charge in [-0.15, -0.1) is 0 Å². The summed E-state index contributed by atoms with van der Waals surface area (Å²) in [6, 6.07) is 7.32. The molecule has 1 aliphatic heterocycles. The first kappa shape index (κ1) is 16.8. The van der Waals surface area contributed by atoms with E-state index in [0.29, 0.717) is 12.1 Å². The zero-order valence-electron chi connectivity index (χ0n) is 14.0. The van der Waals surface area contributed by atoms with Gasteiger partial charge in [0, 0.05) is 28.8 Å². The number of hydrogen-bond donors (Lipinski definition) is 0. The Morgan fingerprint density at radius 1 is 1.29 bits per heavy atom. The van der Waals surface area contributed by atoms with Gasteiger partial charge in [0.1, 0.15) is 12.7 Å². The van der Waals surface area contributed by atoms with E-state index in [1.165, 1.54) is 6.33 Å². The van der Waals surface area contributed by atoms with Crippen LogP contribution in [0.2, 0.25) is 0 Å². The highest BCUT2D eigenvalue weighted by molar-refractivity contribution is 7.85. The number of carbonyl (C=O) groups excluding carboxylic acids is 1. The van der Waals surface area contributed by atoms with Crippen LogP contribution >= 0.6 is 0 Å². The van der Waals surface area contributed by atoms with Crippen LogP contribution in [0.4, 0.5) is 0 Å². The predicted octanol–water partition coefficient (Wildman–Crippen LogP) is 2.27. The third-order valence-electron chi connectivity index (χ3n) is 4.26. The molecule has 1 aromatic carbocycles. The molecule has 128 valence electrons. The van der Waals surface area contributed by atoms with E-state index in [2.05, 4.69) is 10.1 Å². The second-order valence-electron chi connectivity index (χ2n) is 6.29. The first-order valence-electron chi connectivity index (χ1n) is 8.20. The zero-order valence-corrected chi connectivity index (χ0v) is 14.8. The van der Waals surface area contributed by atoms with Gasteiger partial charge in [-0.3, -0.25) is 9.00 Å². The van der Waals surface area contributed by atoms with Crippen LogP contribution in [-0.4, -0.2) is 48.1 Å². The topological polar surface area (TPSA) is 68.1 Å². The van der Waals surface area contributed by atoms with Crippen LogP contribution in [0.25, 0.3) is 0 Å². The number of amides is 1. The van der Waals surface area contributed by atoms with Gasteiger partial charge in [0.05, 0.1) is 16.8 Å². The van der Waals surface area contributed by atoms with E-state index in [1.807, 2.05) is 23.4 Å². The van der Waals surface area contributed by atoms with Crippen molar-refractivity contribution in [1.82, 2.24) is 19.7 Å². The SMILES string of the molecule is CC(C)[S@@](=O)c1ccc(C(=O)N2CCC[C@H](n3cncn3)C2)cc1. The van der Waals surface area contributed by atoms with Gasteiger partial charge in [-0.2, -0.15) is 5.10 Å². The number of nitrogens with zero attached hydrogens (tertiary/aromatic N) is 4. The lowest BCUT2D eigenvalue weighted by molar-refractivity contribution is 0.0672. The maximum Gasteiger partial charge on any atom is 0.253 e. The molecule has 0 unspecified atom stereocenters. The van der Waals surface area contributed by atoms with Gasteiger partial charge in [0.25, 0.3) is 5.91 Å². The van der Waals surface area contributed by atoms with Crippen molar-refractivity contribution in [3.05, 3.63) is 42.5 Å². The van der Waals surface area contributed by atoms with Crippen molar-refractivity contribution in [2.24, 2.45) is 0 Å². The lowest BCUT2D eigenvalue weighted by Crippen LogP contribution is -2.40. The fourth-order valence-electron chi connectivity index (χ4n) is 2.95. The Bertz CT molecular complexity index is 713. The van der Waals surface area contributed by atoms with Crippen molar-refractivity contribution in [2.45, 2.75) is 42.9 Å². The third kappa shape index (κ3) is 3.56. The summed E-state index contributed by atoms with van der Waals surface area (Å²) >= 11 is 0. The Labute approximate surface area is 144 Å². The Kier molecular flexibility index (Phi) is 5.08. The Morgan fingerprint density at radius 2 is 2.04 bits per heavy atom. The molecular formula is C17H22N4O2S. The fraction of sp³-hybridized carbons (Fsp3) is 0.471. The summed E-state index contributed by atoms with van der Waals surface area (Å²) in [4.78, 5) is 19.3. The standard InChI is InChI=1S/C17H22N4O2S/c1-13(2)24(23)16-7-5-14(6-8-16)17(22)20-9-3-4-15(10-20)21-12-18-11-19-21/h5-8,11-13,15H,3-4,9-10H2,1-2H3/t15-,24+/m0/s1. The number of rotatable bonds is 4. The maximum atomic E-state index is 12.7. The van der Waals surface area contributed by atoms with E-state index in [1.54, 1.807) is 30.6 Å². The smallest absolute Gasteiger partial charge is 0.253 e. The number of carbonyl (C=O) groups is 1. The van der Waals surface area contributed by atoms with Crippen LogP contribution in [0.1, 0.15) is 43.1 Å². The first-order valence-corrected chi connectivity index (χ1v) is 9.41. The Balaban J connectivity index is 1.70. The summed E-state index contributed by atoms with van der Waals surface area (Å²) in [7, 11) is -1.03. The van der Waals surface area contributed by atoms with E-state index in [-0.39, 0.29) is 17.2 Å². The van der Waals surface area contributed by atoms with Gasteiger partial charge in [-0.25, -0.2) is 9.67 Å². The molecule has 0 bridgehead atoms. The lowest BCUT2D eigenvalue weighted by atomic mass is 10.0. The molecule has 0 N–H and O–H groups in total. The molecule has 1 amide bonds. The largest absolute Gasteiger partial charge is 0.337 e. The highest BCUT2D eigenvalue weighted by Gasteiger charge is 2.26. The maximum absolute atomic E-state index is 12.7. The van der Waals surface area contributed by atoms with Crippen LogP contribution in [0.3, 0.4) is 0 Å². The Hall–Kier alpha value is -2.02. The molecule has 0 saturated carbocycles. The van der Waals surface area contributed by atoms with Crippen molar-refractivity contribution < 1.29 is 9.00 Å². The number of likely N-dealkylation sites (tertiary alicyclic amines) is 1. The summed E-state index contributed by atoms with van der Waals surface area (Å²) in [5.41, 5.74) is 0.638. The van der Waals surface area contributed by atoms with E-state index in [9.17, 15) is 9.00 Å². The second kappa shape index (κ2) is 7.25. The van der Waals surface area contributed by atoms with E-state index in [4.69, 9.17) is 0 Å². The minimum Gasteiger partial charge on any atom is -0.337 e. The van der Waals surface area contributed by atoms with Crippen molar-refractivity contribution >= 4 is 16.7 Å². The summed E-state index contributed by atoms with van der Waals surface area (Å²) in [6.45, 7) is 5.24. The molecule has 1 fully saturated rings. The second-order valence-corrected chi connectivity index (χ2v) is 8.30. The first-order chi connectivity index (χ1) is 11.6. The molecule has 1 aliphatic rings. The third-order valence-corrected chi connectivity index (χ3v) is 5.85. The molecule has 6 nitrogen and oxygen atoms in total. The zero-order chi connectivity index (χ0) is 17.1. The molecular weight excluding hydrogens is 324 g/mol. The van der Waals surface area contributed by atoms with Gasteiger partial charge in [-0.05, 0) is 37.1 Å². The lowest BCUT2D eigenvalue weighted by Gasteiger charge is -2.32. The highest BCUT2D eigenvalue weighted by atomic mass is 32.2. The molecule has 2 atom stereocenters. The number of piperidine rings is 1.